The van der Waals surface area contributed by atoms with Crippen LogP contribution in [-0.4, -0.2) is 7.11 Å². The van der Waals surface area contributed by atoms with Crippen LogP contribution in [-0.2, 0) is 0 Å². The molecular formula is C13H9Cl2FO. The summed E-state index contributed by atoms with van der Waals surface area (Å²) in [6.07, 6.45) is 0. The van der Waals surface area contributed by atoms with Gasteiger partial charge in [-0.15, -0.1) is 0 Å². The Kier molecular flexibility index (Phi) is 3.55. The van der Waals surface area contributed by atoms with Gasteiger partial charge in [-0.3, -0.25) is 0 Å². The maximum Gasteiger partial charge on any atom is 0.165 e. The van der Waals surface area contributed by atoms with Gasteiger partial charge < -0.3 is 4.74 Å². The lowest BCUT2D eigenvalue weighted by atomic mass is 10.1. The van der Waals surface area contributed by atoms with Crippen LogP contribution < -0.4 is 4.74 Å². The highest BCUT2D eigenvalue weighted by Gasteiger charge is 2.08. The van der Waals surface area contributed by atoms with Crippen molar-refractivity contribution in [1.29, 1.82) is 0 Å². The summed E-state index contributed by atoms with van der Waals surface area (Å²) in [7, 11) is 1.42. The molecule has 0 aliphatic rings. The minimum atomic E-state index is -0.430. The summed E-state index contributed by atoms with van der Waals surface area (Å²) in [6.45, 7) is 0. The summed E-state index contributed by atoms with van der Waals surface area (Å²) >= 11 is 11.9. The zero-order valence-electron chi connectivity index (χ0n) is 9.01. The van der Waals surface area contributed by atoms with Crippen molar-refractivity contribution in [1.82, 2.24) is 0 Å². The van der Waals surface area contributed by atoms with Gasteiger partial charge in [0.2, 0.25) is 0 Å². The highest BCUT2D eigenvalue weighted by Crippen LogP contribution is 2.32. The van der Waals surface area contributed by atoms with E-state index in [1.54, 1.807) is 30.3 Å². The average Bonchev–Trinajstić information content (AvgIpc) is 2.32. The van der Waals surface area contributed by atoms with Crippen LogP contribution in [0.5, 0.6) is 5.75 Å². The molecule has 0 unspecified atom stereocenters. The van der Waals surface area contributed by atoms with Crippen LogP contribution >= 0.6 is 23.2 Å². The minimum absolute atomic E-state index is 0.201. The Labute approximate surface area is 109 Å². The molecule has 0 radical (unpaired) electrons. The fourth-order valence-corrected chi connectivity index (χ4v) is 1.95. The summed E-state index contributed by atoms with van der Waals surface area (Å²) in [6, 6.07) is 9.73. The molecule has 0 atom stereocenters. The quantitative estimate of drug-likeness (QED) is 0.761. The van der Waals surface area contributed by atoms with Crippen LogP contribution in [0, 0.1) is 5.82 Å². The van der Waals surface area contributed by atoms with Crippen LogP contribution in [0.2, 0.25) is 10.0 Å². The minimum Gasteiger partial charge on any atom is -0.494 e. The van der Waals surface area contributed by atoms with Crippen LogP contribution in [0.25, 0.3) is 11.1 Å². The van der Waals surface area contributed by atoms with E-state index in [0.717, 1.165) is 0 Å². The molecule has 0 aliphatic heterocycles. The molecule has 17 heavy (non-hydrogen) atoms. The molecule has 1 nitrogen and oxygen atoms in total. The summed E-state index contributed by atoms with van der Waals surface area (Å²) in [4.78, 5) is 0. The Hall–Kier alpha value is -1.25. The van der Waals surface area contributed by atoms with Crippen LogP contribution in [0.1, 0.15) is 0 Å². The molecule has 0 N–H and O–H groups in total. The molecule has 0 fully saturated rings. The first-order valence-electron chi connectivity index (χ1n) is 4.91. The third-order valence-corrected chi connectivity index (χ3v) is 2.96. The van der Waals surface area contributed by atoms with Crippen molar-refractivity contribution in [2.75, 3.05) is 7.11 Å². The van der Waals surface area contributed by atoms with Gasteiger partial charge in [0.1, 0.15) is 0 Å². The van der Waals surface area contributed by atoms with Crippen molar-refractivity contribution >= 4 is 23.2 Å². The molecule has 2 aromatic rings. The SMILES string of the molecule is COc1ccc(-c2cc(Cl)ccc2Cl)cc1F. The number of rotatable bonds is 2. The van der Waals surface area contributed by atoms with Gasteiger partial charge in [-0.2, -0.15) is 0 Å². The topological polar surface area (TPSA) is 9.23 Å². The van der Waals surface area contributed by atoms with Crippen molar-refractivity contribution < 1.29 is 9.13 Å². The third kappa shape index (κ3) is 2.54. The van der Waals surface area contributed by atoms with Gasteiger partial charge in [-0.1, -0.05) is 29.3 Å². The zero-order valence-corrected chi connectivity index (χ0v) is 10.5. The van der Waals surface area contributed by atoms with E-state index in [1.165, 1.54) is 13.2 Å². The summed E-state index contributed by atoms with van der Waals surface area (Å²) in [5.41, 5.74) is 1.36. The average molecular weight is 271 g/mol. The van der Waals surface area contributed by atoms with E-state index in [0.29, 0.717) is 21.2 Å². The first-order valence-corrected chi connectivity index (χ1v) is 5.66. The Morgan fingerprint density at radius 3 is 2.47 bits per heavy atom. The van der Waals surface area contributed by atoms with E-state index >= 15 is 0 Å². The molecule has 88 valence electrons. The molecule has 0 aromatic heterocycles. The van der Waals surface area contributed by atoms with Crippen molar-refractivity contribution in [2.45, 2.75) is 0 Å². The van der Waals surface area contributed by atoms with Gasteiger partial charge in [-0.25, -0.2) is 4.39 Å². The van der Waals surface area contributed by atoms with E-state index in [2.05, 4.69) is 0 Å². The first kappa shape index (κ1) is 12.2. The number of ether oxygens (including phenoxy) is 1. The lowest BCUT2D eigenvalue weighted by Crippen LogP contribution is -1.89. The monoisotopic (exact) mass is 270 g/mol. The Morgan fingerprint density at radius 2 is 1.82 bits per heavy atom. The summed E-state index contributed by atoms with van der Waals surface area (Å²) in [5.74, 6) is -0.229. The van der Waals surface area contributed by atoms with Crippen LogP contribution in [0.4, 0.5) is 4.39 Å². The van der Waals surface area contributed by atoms with Gasteiger partial charge in [0.05, 0.1) is 7.11 Å². The largest absolute Gasteiger partial charge is 0.494 e. The molecule has 0 heterocycles. The maximum absolute atomic E-state index is 13.6. The molecule has 0 bridgehead atoms. The van der Waals surface area contributed by atoms with Gasteiger partial charge in [-0.05, 0) is 35.9 Å². The van der Waals surface area contributed by atoms with E-state index in [-0.39, 0.29) is 5.75 Å². The van der Waals surface area contributed by atoms with Crippen LogP contribution in [0.15, 0.2) is 36.4 Å². The lowest BCUT2D eigenvalue weighted by molar-refractivity contribution is 0.386. The fraction of sp³-hybridized carbons (Fsp3) is 0.0769. The molecule has 4 heteroatoms. The molecule has 2 rings (SSSR count). The van der Waals surface area contributed by atoms with Gasteiger partial charge in [0, 0.05) is 15.6 Å². The standard InChI is InChI=1S/C13H9Cl2FO/c1-17-13-5-2-8(6-12(13)16)10-7-9(14)3-4-11(10)15/h2-7H,1H3. The van der Waals surface area contributed by atoms with Crippen molar-refractivity contribution in [3.05, 3.63) is 52.3 Å². The van der Waals surface area contributed by atoms with Crippen molar-refractivity contribution in [3.63, 3.8) is 0 Å². The predicted octanol–water partition coefficient (Wildman–Crippen LogP) is 4.81. The highest BCUT2D eigenvalue weighted by atomic mass is 35.5. The second kappa shape index (κ2) is 4.94. The Bertz CT molecular complexity index is 555. The van der Waals surface area contributed by atoms with Crippen LogP contribution in [0.3, 0.4) is 0 Å². The predicted molar refractivity (Wildman–Crippen MR) is 68.4 cm³/mol. The van der Waals surface area contributed by atoms with E-state index in [4.69, 9.17) is 27.9 Å². The second-order valence-electron chi connectivity index (χ2n) is 3.47. The number of methoxy groups -OCH3 is 1. The van der Waals surface area contributed by atoms with E-state index < -0.39 is 5.82 Å². The fourth-order valence-electron chi connectivity index (χ4n) is 1.55. The number of benzene rings is 2. The molecule has 0 aliphatic carbocycles. The normalized spacial score (nSPS) is 10.4. The number of hydrogen-bond donors (Lipinski definition) is 0. The van der Waals surface area contributed by atoms with Gasteiger partial charge in [0.25, 0.3) is 0 Å². The Balaban J connectivity index is 2.53. The smallest absolute Gasteiger partial charge is 0.165 e. The zero-order chi connectivity index (χ0) is 12.4. The molecular weight excluding hydrogens is 262 g/mol. The molecule has 2 aromatic carbocycles. The summed E-state index contributed by atoms with van der Waals surface area (Å²) < 4.78 is 18.4. The lowest BCUT2D eigenvalue weighted by Gasteiger charge is -2.07. The van der Waals surface area contributed by atoms with Gasteiger partial charge in [0.15, 0.2) is 11.6 Å². The van der Waals surface area contributed by atoms with E-state index in [9.17, 15) is 4.39 Å². The van der Waals surface area contributed by atoms with Gasteiger partial charge >= 0.3 is 0 Å². The first-order chi connectivity index (χ1) is 8.11. The summed E-state index contributed by atoms with van der Waals surface area (Å²) in [5, 5.41) is 1.08. The number of hydrogen-bond acceptors (Lipinski definition) is 1. The van der Waals surface area contributed by atoms with Crippen molar-refractivity contribution in [2.24, 2.45) is 0 Å². The molecule has 0 amide bonds. The molecule has 0 saturated heterocycles. The molecule has 0 spiro atoms. The van der Waals surface area contributed by atoms with E-state index in [1.807, 2.05) is 0 Å². The second-order valence-corrected chi connectivity index (χ2v) is 4.32. The Morgan fingerprint density at radius 1 is 1.06 bits per heavy atom. The highest BCUT2D eigenvalue weighted by molar-refractivity contribution is 6.35. The van der Waals surface area contributed by atoms with Crippen molar-refractivity contribution in [3.8, 4) is 16.9 Å². The number of halogens is 3. The maximum atomic E-state index is 13.6. The molecule has 0 saturated carbocycles. The third-order valence-electron chi connectivity index (χ3n) is 2.39.